The maximum absolute atomic E-state index is 13.6. The highest BCUT2D eigenvalue weighted by Crippen LogP contribution is 2.29. The summed E-state index contributed by atoms with van der Waals surface area (Å²) in [5, 5.41) is 0. The molecule has 0 atom stereocenters. The molecule has 0 saturated carbocycles. The van der Waals surface area contributed by atoms with Gasteiger partial charge >= 0.3 is 0 Å². The van der Waals surface area contributed by atoms with Crippen molar-refractivity contribution in [2.45, 2.75) is 45.4 Å². The van der Waals surface area contributed by atoms with Crippen LogP contribution < -0.4 is 9.04 Å². The molecule has 0 radical (unpaired) electrons. The van der Waals surface area contributed by atoms with Crippen molar-refractivity contribution in [2.24, 2.45) is 11.8 Å². The zero-order chi connectivity index (χ0) is 23.3. The highest BCUT2D eigenvalue weighted by Gasteiger charge is 2.28. The highest BCUT2D eigenvalue weighted by molar-refractivity contribution is 7.92. The van der Waals surface area contributed by atoms with Crippen LogP contribution in [-0.4, -0.2) is 39.8 Å². The molecule has 6 nitrogen and oxygen atoms in total. The Morgan fingerprint density at radius 1 is 1.25 bits per heavy atom. The Morgan fingerprint density at radius 3 is 2.47 bits per heavy atom. The molecule has 1 fully saturated rings. The molecule has 0 aliphatic carbocycles. The van der Waals surface area contributed by atoms with Gasteiger partial charge in [-0.05, 0) is 85.6 Å². The van der Waals surface area contributed by atoms with Crippen LogP contribution in [0.4, 0.5) is 5.82 Å². The Bertz CT molecular complexity index is 1030. The third kappa shape index (κ3) is 5.90. The lowest BCUT2D eigenvalue weighted by atomic mass is 10.0. The first-order chi connectivity index (χ1) is 15.2. The molecule has 1 aliphatic rings. The van der Waals surface area contributed by atoms with E-state index in [4.69, 9.17) is 9.47 Å². The summed E-state index contributed by atoms with van der Waals surface area (Å²) in [4.78, 5) is 4.72. The molecule has 0 amide bonds. The molecule has 1 saturated heterocycles. The van der Waals surface area contributed by atoms with Crippen molar-refractivity contribution < 1.29 is 17.9 Å². The van der Waals surface area contributed by atoms with E-state index in [2.05, 4.69) is 11.6 Å². The number of hydrogen-bond donors (Lipinski definition) is 0. The first-order valence-corrected chi connectivity index (χ1v) is 12.6. The lowest BCUT2D eigenvalue weighted by Gasteiger charge is -2.27. The van der Waals surface area contributed by atoms with E-state index in [0.29, 0.717) is 30.6 Å². The van der Waals surface area contributed by atoms with Crippen LogP contribution in [0.3, 0.4) is 0 Å². The second-order valence-electron chi connectivity index (χ2n) is 8.91. The molecule has 0 N–H and O–H groups in total. The van der Waals surface area contributed by atoms with Gasteiger partial charge in [-0.3, -0.25) is 0 Å². The van der Waals surface area contributed by atoms with Gasteiger partial charge in [-0.25, -0.2) is 17.7 Å². The minimum atomic E-state index is -3.78. The molecule has 0 bridgehead atoms. The van der Waals surface area contributed by atoms with E-state index in [-0.39, 0.29) is 10.8 Å². The number of aryl methyl sites for hydroxylation is 1. The van der Waals surface area contributed by atoms with Crippen molar-refractivity contribution in [3.05, 3.63) is 54.2 Å². The van der Waals surface area contributed by atoms with Crippen LogP contribution in [0, 0.1) is 18.8 Å². The molecule has 0 unspecified atom stereocenters. The Balaban J connectivity index is 1.82. The van der Waals surface area contributed by atoms with Gasteiger partial charge in [0.25, 0.3) is 10.0 Å². The van der Waals surface area contributed by atoms with E-state index < -0.39 is 10.0 Å². The van der Waals surface area contributed by atoms with Gasteiger partial charge in [-0.1, -0.05) is 20.4 Å². The average Bonchev–Trinajstić information content (AvgIpc) is 2.77. The van der Waals surface area contributed by atoms with E-state index in [1.807, 2.05) is 33.8 Å². The summed E-state index contributed by atoms with van der Waals surface area (Å²) in [5.74, 6) is 1.73. The molecular weight excluding hydrogens is 424 g/mol. The largest absolute Gasteiger partial charge is 0.493 e. The summed E-state index contributed by atoms with van der Waals surface area (Å²) in [7, 11) is -3.78. The van der Waals surface area contributed by atoms with Crippen molar-refractivity contribution in [1.29, 1.82) is 0 Å². The number of hydrogen-bond acceptors (Lipinski definition) is 5. The molecule has 32 heavy (non-hydrogen) atoms. The molecular formula is C25H34N2O4S. The van der Waals surface area contributed by atoms with Crippen LogP contribution in [-0.2, 0) is 14.8 Å². The molecule has 7 heteroatoms. The number of aromatic nitrogens is 1. The fraction of sp³-hybridized carbons (Fsp3) is 0.480. The summed E-state index contributed by atoms with van der Waals surface area (Å²) in [6, 6.07) is 8.61. The van der Waals surface area contributed by atoms with Gasteiger partial charge in [-0.15, -0.1) is 0 Å². The van der Waals surface area contributed by atoms with Gasteiger partial charge in [0, 0.05) is 26.0 Å². The first-order valence-electron chi connectivity index (χ1n) is 11.1. The standard InChI is InChI=1S/C25H34N2O4S/c1-18(2)16-27(25-20(5)14-22(15-26-25)19(3)4)32(28,29)24-8-6-23(7-9-24)31-17-21-10-12-30-13-11-21/h6-9,14-15,18,21H,3,10-13,16-17H2,1-2,4-5H3. The van der Waals surface area contributed by atoms with E-state index >= 15 is 0 Å². The average molecular weight is 459 g/mol. The van der Waals surface area contributed by atoms with Crippen molar-refractivity contribution in [3.8, 4) is 5.75 Å². The third-order valence-electron chi connectivity index (χ3n) is 5.55. The van der Waals surface area contributed by atoms with Crippen LogP contribution in [0.15, 0.2) is 48.0 Å². The second kappa shape index (κ2) is 10.5. The number of anilines is 1. The normalized spacial score (nSPS) is 15.0. The van der Waals surface area contributed by atoms with Crippen molar-refractivity contribution in [3.63, 3.8) is 0 Å². The topological polar surface area (TPSA) is 68.7 Å². The summed E-state index contributed by atoms with van der Waals surface area (Å²) in [6.07, 6.45) is 3.67. The van der Waals surface area contributed by atoms with Crippen LogP contribution in [0.1, 0.15) is 44.7 Å². The monoisotopic (exact) mass is 458 g/mol. The molecule has 1 aromatic heterocycles. The number of allylic oxidation sites excluding steroid dienone is 1. The molecule has 1 aromatic carbocycles. The molecule has 2 heterocycles. The zero-order valence-corrected chi connectivity index (χ0v) is 20.3. The van der Waals surface area contributed by atoms with Gasteiger partial charge in [-0.2, -0.15) is 0 Å². The van der Waals surface area contributed by atoms with Crippen molar-refractivity contribution in [2.75, 3.05) is 30.7 Å². The van der Waals surface area contributed by atoms with E-state index in [0.717, 1.165) is 42.8 Å². The summed E-state index contributed by atoms with van der Waals surface area (Å²) in [6.45, 7) is 14.2. The highest BCUT2D eigenvalue weighted by atomic mass is 32.2. The summed E-state index contributed by atoms with van der Waals surface area (Å²) < 4.78 is 39.8. The van der Waals surface area contributed by atoms with Gasteiger partial charge < -0.3 is 9.47 Å². The predicted molar refractivity (Wildman–Crippen MR) is 129 cm³/mol. The van der Waals surface area contributed by atoms with Crippen molar-refractivity contribution >= 4 is 21.4 Å². The molecule has 0 spiro atoms. The van der Waals surface area contributed by atoms with Gasteiger partial charge in [0.05, 0.1) is 11.5 Å². The molecule has 2 aromatic rings. The zero-order valence-electron chi connectivity index (χ0n) is 19.5. The molecule has 1 aliphatic heterocycles. The number of sulfonamides is 1. The Morgan fingerprint density at radius 2 is 1.91 bits per heavy atom. The SMILES string of the molecule is C=C(C)c1cnc(N(CC(C)C)S(=O)(=O)c2ccc(OCC3CCOCC3)cc2)c(C)c1. The van der Waals surface area contributed by atoms with Crippen molar-refractivity contribution in [1.82, 2.24) is 4.98 Å². The number of ether oxygens (including phenoxy) is 2. The maximum Gasteiger partial charge on any atom is 0.265 e. The number of nitrogens with zero attached hydrogens (tertiary/aromatic N) is 2. The lowest BCUT2D eigenvalue weighted by Crippen LogP contribution is -2.35. The number of benzene rings is 1. The second-order valence-corrected chi connectivity index (χ2v) is 10.8. The van der Waals surface area contributed by atoms with Crippen LogP contribution in [0.2, 0.25) is 0 Å². The minimum absolute atomic E-state index is 0.133. The smallest absolute Gasteiger partial charge is 0.265 e. The fourth-order valence-electron chi connectivity index (χ4n) is 3.65. The minimum Gasteiger partial charge on any atom is -0.493 e. The van der Waals surface area contributed by atoms with E-state index in [1.165, 1.54) is 4.31 Å². The predicted octanol–water partition coefficient (Wildman–Crippen LogP) is 5.08. The number of rotatable bonds is 9. The van der Waals surface area contributed by atoms with Crippen LogP contribution in [0.25, 0.3) is 5.57 Å². The van der Waals surface area contributed by atoms with Crippen LogP contribution in [0.5, 0.6) is 5.75 Å². The van der Waals surface area contributed by atoms with E-state index in [1.54, 1.807) is 30.5 Å². The third-order valence-corrected chi connectivity index (χ3v) is 7.32. The Labute approximate surface area is 192 Å². The molecule has 3 rings (SSSR count). The summed E-state index contributed by atoms with van der Waals surface area (Å²) in [5.41, 5.74) is 2.59. The first kappa shape index (κ1) is 24.3. The Hall–Kier alpha value is -2.38. The lowest BCUT2D eigenvalue weighted by molar-refractivity contribution is 0.0497. The van der Waals surface area contributed by atoms with Crippen LogP contribution >= 0.6 is 0 Å². The van der Waals surface area contributed by atoms with Gasteiger partial charge in [0.2, 0.25) is 0 Å². The molecule has 174 valence electrons. The maximum atomic E-state index is 13.6. The summed E-state index contributed by atoms with van der Waals surface area (Å²) >= 11 is 0. The van der Waals surface area contributed by atoms with E-state index in [9.17, 15) is 8.42 Å². The Kier molecular flexibility index (Phi) is 7.96. The fourth-order valence-corrected chi connectivity index (χ4v) is 5.30. The number of pyridine rings is 1. The van der Waals surface area contributed by atoms with Gasteiger partial charge in [0.15, 0.2) is 0 Å². The quantitative estimate of drug-likeness (QED) is 0.524. The van der Waals surface area contributed by atoms with Gasteiger partial charge in [0.1, 0.15) is 11.6 Å².